The molecule has 1 heterocycles. The standard InChI is InChI=1S/C19H14N2O2/c1-3-14-9-11-16(12-10-14)20-19(22)17-13(2)23-21-18(17)15-7-5-4-6-8-15/h1,4-12H,2H3,(H,20,22). The number of carbonyl (C=O) groups is 1. The number of carbonyl (C=O) groups excluding carboxylic acids is 1. The second-order valence-corrected chi connectivity index (χ2v) is 5.00. The van der Waals surface area contributed by atoms with Gasteiger partial charge >= 0.3 is 0 Å². The topological polar surface area (TPSA) is 55.1 Å². The van der Waals surface area contributed by atoms with Gasteiger partial charge < -0.3 is 9.84 Å². The van der Waals surface area contributed by atoms with Gasteiger partial charge in [0.05, 0.1) is 0 Å². The number of amides is 1. The van der Waals surface area contributed by atoms with Gasteiger partial charge in [-0.1, -0.05) is 41.4 Å². The molecule has 0 aliphatic carbocycles. The molecular weight excluding hydrogens is 288 g/mol. The first kappa shape index (κ1) is 14.6. The lowest BCUT2D eigenvalue weighted by atomic mass is 10.1. The summed E-state index contributed by atoms with van der Waals surface area (Å²) in [6.07, 6.45) is 5.32. The fourth-order valence-corrected chi connectivity index (χ4v) is 2.28. The van der Waals surface area contributed by atoms with Gasteiger partial charge in [-0.25, -0.2) is 0 Å². The third kappa shape index (κ3) is 2.99. The number of hydrogen-bond acceptors (Lipinski definition) is 3. The molecule has 4 nitrogen and oxygen atoms in total. The van der Waals surface area contributed by atoms with Crippen molar-refractivity contribution in [3.63, 3.8) is 0 Å². The zero-order valence-corrected chi connectivity index (χ0v) is 12.5. The number of nitrogens with one attached hydrogen (secondary N) is 1. The summed E-state index contributed by atoms with van der Waals surface area (Å²) >= 11 is 0. The Morgan fingerprint density at radius 3 is 2.48 bits per heavy atom. The smallest absolute Gasteiger partial charge is 0.261 e. The van der Waals surface area contributed by atoms with Gasteiger partial charge in [0.2, 0.25) is 0 Å². The van der Waals surface area contributed by atoms with Gasteiger partial charge in [0, 0.05) is 16.8 Å². The average Bonchev–Trinajstić information content (AvgIpc) is 2.98. The van der Waals surface area contributed by atoms with Gasteiger partial charge in [-0.2, -0.15) is 0 Å². The Morgan fingerprint density at radius 2 is 1.83 bits per heavy atom. The van der Waals surface area contributed by atoms with Crippen LogP contribution in [0.5, 0.6) is 0 Å². The number of anilines is 1. The summed E-state index contributed by atoms with van der Waals surface area (Å²) in [6.45, 7) is 1.72. The van der Waals surface area contributed by atoms with E-state index in [2.05, 4.69) is 16.4 Å². The minimum absolute atomic E-state index is 0.268. The van der Waals surface area contributed by atoms with Crippen molar-refractivity contribution in [2.24, 2.45) is 0 Å². The predicted molar refractivity (Wildman–Crippen MR) is 89.0 cm³/mol. The monoisotopic (exact) mass is 302 g/mol. The van der Waals surface area contributed by atoms with Crippen LogP contribution in [0.4, 0.5) is 5.69 Å². The largest absolute Gasteiger partial charge is 0.360 e. The van der Waals surface area contributed by atoms with Crippen molar-refractivity contribution < 1.29 is 9.32 Å². The predicted octanol–water partition coefficient (Wildman–Crippen LogP) is 3.88. The van der Waals surface area contributed by atoms with E-state index in [9.17, 15) is 4.79 Å². The minimum Gasteiger partial charge on any atom is -0.360 e. The summed E-state index contributed by atoms with van der Waals surface area (Å²) in [5, 5.41) is 6.85. The van der Waals surface area contributed by atoms with Crippen LogP contribution in [0, 0.1) is 19.3 Å². The second kappa shape index (κ2) is 6.20. The van der Waals surface area contributed by atoms with E-state index in [4.69, 9.17) is 10.9 Å². The molecule has 0 aliphatic rings. The Balaban J connectivity index is 1.91. The van der Waals surface area contributed by atoms with Crippen molar-refractivity contribution in [1.82, 2.24) is 5.16 Å². The minimum atomic E-state index is -0.268. The molecule has 1 aromatic heterocycles. The van der Waals surface area contributed by atoms with Crippen LogP contribution in [0.2, 0.25) is 0 Å². The SMILES string of the molecule is C#Cc1ccc(NC(=O)c2c(-c3ccccc3)noc2C)cc1. The van der Waals surface area contributed by atoms with Gasteiger partial charge in [-0.15, -0.1) is 6.42 Å². The summed E-state index contributed by atoms with van der Waals surface area (Å²) in [4.78, 5) is 12.6. The van der Waals surface area contributed by atoms with Crippen LogP contribution in [-0.4, -0.2) is 11.1 Å². The summed E-state index contributed by atoms with van der Waals surface area (Å²) < 4.78 is 5.21. The number of nitrogens with zero attached hydrogens (tertiary/aromatic N) is 1. The fourth-order valence-electron chi connectivity index (χ4n) is 2.28. The van der Waals surface area contributed by atoms with Crippen LogP contribution in [-0.2, 0) is 0 Å². The van der Waals surface area contributed by atoms with Crippen LogP contribution < -0.4 is 5.32 Å². The van der Waals surface area contributed by atoms with Crippen molar-refractivity contribution in [3.8, 4) is 23.6 Å². The zero-order chi connectivity index (χ0) is 16.2. The van der Waals surface area contributed by atoms with Crippen LogP contribution >= 0.6 is 0 Å². The normalized spacial score (nSPS) is 10.1. The Labute approximate surface area is 134 Å². The van der Waals surface area contributed by atoms with E-state index in [1.165, 1.54) is 0 Å². The number of rotatable bonds is 3. The summed E-state index contributed by atoms with van der Waals surface area (Å²) in [7, 11) is 0. The van der Waals surface area contributed by atoms with Crippen molar-refractivity contribution in [3.05, 3.63) is 71.5 Å². The maximum Gasteiger partial charge on any atom is 0.261 e. The number of hydrogen-bond donors (Lipinski definition) is 1. The number of aromatic nitrogens is 1. The maximum absolute atomic E-state index is 12.6. The van der Waals surface area contributed by atoms with Gasteiger partial charge in [0.25, 0.3) is 5.91 Å². The molecule has 0 unspecified atom stereocenters. The van der Waals surface area contributed by atoms with E-state index in [0.29, 0.717) is 22.7 Å². The lowest BCUT2D eigenvalue weighted by Gasteiger charge is -2.06. The summed E-state index contributed by atoms with van der Waals surface area (Å²) in [6, 6.07) is 16.5. The molecular formula is C19H14N2O2. The molecule has 0 saturated heterocycles. The van der Waals surface area contributed by atoms with Gasteiger partial charge in [0.1, 0.15) is 17.0 Å². The first-order chi connectivity index (χ1) is 11.2. The molecule has 0 spiro atoms. The Morgan fingerprint density at radius 1 is 1.13 bits per heavy atom. The first-order valence-corrected chi connectivity index (χ1v) is 7.09. The molecule has 0 bridgehead atoms. The molecule has 0 fully saturated rings. The highest BCUT2D eigenvalue weighted by atomic mass is 16.5. The zero-order valence-electron chi connectivity index (χ0n) is 12.5. The van der Waals surface area contributed by atoms with Gasteiger partial charge in [-0.3, -0.25) is 4.79 Å². The molecule has 112 valence electrons. The highest BCUT2D eigenvalue weighted by molar-refractivity contribution is 6.08. The summed E-state index contributed by atoms with van der Waals surface area (Å²) in [5.41, 5.74) is 3.21. The molecule has 1 N–H and O–H groups in total. The molecule has 1 amide bonds. The molecule has 3 rings (SSSR count). The van der Waals surface area contributed by atoms with E-state index in [-0.39, 0.29) is 5.91 Å². The fraction of sp³-hybridized carbons (Fsp3) is 0.0526. The number of benzene rings is 2. The van der Waals surface area contributed by atoms with Crippen LogP contribution in [0.3, 0.4) is 0 Å². The first-order valence-electron chi connectivity index (χ1n) is 7.09. The lowest BCUT2D eigenvalue weighted by molar-refractivity contribution is 0.102. The van der Waals surface area contributed by atoms with Gasteiger partial charge in [0.15, 0.2) is 0 Å². The van der Waals surface area contributed by atoms with E-state index in [1.807, 2.05) is 30.3 Å². The van der Waals surface area contributed by atoms with Crippen molar-refractivity contribution in [2.45, 2.75) is 6.92 Å². The number of terminal acetylenes is 1. The quantitative estimate of drug-likeness (QED) is 0.747. The molecule has 23 heavy (non-hydrogen) atoms. The maximum atomic E-state index is 12.6. The van der Waals surface area contributed by atoms with Crippen LogP contribution in [0.15, 0.2) is 59.1 Å². The molecule has 0 atom stereocenters. The van der Waals surface area contributed by atoms with E-state index < -0.39 is 0 Å². The lowest BCUT2D eigenvalue weighted by Crippen LogP contribution is -2.13. The Bertz CT molecular complexity index is 872. The molecule has 0 radical (unpaired) electrons. The van der Waals surface area contributed by atoms with Crippen LogP contribution in [0.1, 0.15) is 21.7 Å². The van der Waals surface area contributed by atoms with Crippen molar-refractivity contribution in [2.75, 3.05) is 5.32 Å². The van der Waals surface area contributed by atoms with E-state index in [0.717, 1.165) is 11.1 Å². The van der Waals surface area contributed by atoms with Crippen molar-refractivity contribution in [1.29, 1.82) is 0 Å². The average molecular weight is 302 g/mol. The third-order valence-corrected chi connectivity index (χ3v) is 3.45. The third-order valence-electron chi connectivity index (χ3n) is 3.45. The molecule has 4 heteroatoms. The van der Waals surface area contributed by atoms with Gasteiger partial charge in [-0.05, 0) is 31.2 Å². The number of aryl methyl sites for hydroxylation is 1. The van der Waals surface area contributed by atoms with E-state index in [1.54, 1.807) is 31.2 Å². The highest BCUT2D eigenvalue weighted by Crippen LogP contribution is 2.26. The van der Waals surface area contributed by atoms with Crippen molar-refractivity contribution >= 4 is 11.6 Å². The second-order valence-electron chi connectivity index (χ2n) is 5.00. The van der Waals surface area contributed by atoms with E-state index >= 15 is 0 Å². The Kier molecular flexibility index (Phi) is 3.94. The Hall–Kier alpha value is -3.32. The van der Waals surface area contributed by atoms with Crippen LogP contribution in [0.25, 0.3) is 11.3 Å². The molecule has 0 aliphatic heterocycles. The molecule has 0 saturated carbocycles. The summed E-state index contributed by atoms with van der Waals surface area (Å²) in [5.74, 6) is 2.74. The molecule has 2 aromatic carbocycles. The molecule has 3 aromatic rings. The highest BCUT2D eigenvalue weighted by Gasteiger charge is 2.21.